The summed E-state index contributed by atoms with van der Waals surface area (Å²) in [5.74, 6) is 2.79. The number of hydrogen-bond acceptors (Lipinski definition) is 0. The lowest BCUT2D eigenvalue weighted by Gasteiger charge is -2.39. The summed E-state index contributed by atoms with van der Waals surface area (Å²) in [5.41, 5.74) is 6.00. The Hall–Kier alpha value is -2.08. The van der Waals surface area contributed by atoms with Crippen LogP contribution in [0.3, 0.4) is 0 Å². The summed E-state index contributed by atoms with van der Waals surface area (Å²) >= 11 is 0. The molecule has 3 aliphatic carbocycles. The van der Waals surface area contributed by atoms with E-state index in [1.54, 1.807) is 11.1 Å². The van der Waals surface area contributed by atoms with Crippen LogP contribution in [0.4, 0.5) is 0 Å². The van der Waals surface area contributed by atoms with Gasteiger partial charge in [-0.3, -0.25) is 0 Å². The summed E-state index contributed by atoms with van der Waals surface area (Å²) in [6, 6.07) is 18.0. The van der Waals surface area contributed by atoms with E-state index in [9.17, 15) is 0 Å². The fourth-order valence-electron chi connectivity index (χ4n) is 5.38. The summed E-state index contributed by atoms with van der Waals surface area (Å²) in [6.07, 6.45) is 15.2. The second-order valence-corrected chi connectivity index (χ2v) is 7.64. The molecule has 24 heavy (non-hydrogen) atoms. The van der Waals surface area contributed by atoms with Crippen molar-refractivity contribution in [3.8, 4) is 0 Å². The largest absolute Gasteiger partial charge is 0.0761 e. The molecule has 5 rings (SSSR count). The Kier molecular flexibility index (Phi) is 3.43. The minimum absolute atomic E-state index is 0.618. The first-order valence-electron chi connectivity index (χ1n) is 9.46. The summed E-state index contributed by atoms with van der Waals surface area (Å²) < 4.78 is 0. The van der Waals surface area contributed by atoms with Gasteiger partial charge in [0.1, 0.15) is 0 Å². The third-order valence-corrected chi connectivity index (χ3v) is 6.47. The predicted octanol–water partition coefficient (Wildman–Crippen LogP) is 6.41. The molecule has 0 amide bonds. The first-order valence-corrected chi connectivity index (χ1v) is 9.46. The first kappa shape index (κ1) is 14.3. The number of allylic oxidation sites excluding steroid dienone is 2. The van der Waals surface area contributed by atoms with Crippen LogP contribution < -0.4 is 0 Å². The summed E-state index contributed by atoms with van der Waals surface area (Å²) in [4.78, 5) is 0. The molecule has 0 spiro atoms. The zero-order chi connectivity index (χ0) is 15.9. The van der Waals surface area contributed by atoms with Crippen molar-refractivity contribution in [1.29, 1.82) is 0 Å². The molecule has 2 unspecified atom stereocenters. The number of benzene rings is 2. The first-order chi connectivity index (χ1) is 11.9. The minimum Gasteiger partial charge on any atom is -0.0761 e. The zero-order valence-corrected chi connectivity index (χ0v) is 14.1. The molecular weight excluding hydrogens is 288 g/mol. The average molecular weight is 312 g/mol. The second kappa shape index (κ2) is 5.77. The highest BCUT2D eigenvalue weighted by Gasteiger charge is 2.38. The molecule has 3 aliphatic rings. The lowest BCUT2D eigenvalue weighted by molar-refractivity contribution is 0.203. The molecule has 0 aliphatic heterocycles. The van der Waals surface area contributed by atoms with E-state index in [4.69, 9.17) is 0 Å². The molecular formula is C24H24. The molecule has 0 heteroatoms. The van der Waals surface area contributed by atoms with Crippen molar-refractivity contribution in [3.05, 3.63) is 82.9 Å². The summed E-state index contributed by atoms with van der Waals surface area (Å²) in [7, 11) is 0. The van der Waals surface area contributed by atoms with Crippen molar-refractivity contribution in [1.82, 2.24) is 0 Å². The maximum Gasteiger partial charge on any atom is 0.00584 e. The lowest BCUT2D eigenvalue weighted by atomic mass is 9.65. The molecule has 0 heterocycles. The van der Waals surface area contributed by atoms with Gasteiger partial charge in [-0.2, -0.15) is 0 Å². The summed E-state index contributed by atoms with van der Waals surface area (Å²) in [5, 5.41) is 0. The number of rotatable bonds is 2. The topological polar surface area (TPSA) is 0 Å². The van der Waals surface area contributed by atoms with Gasteiger partial charge in [-0.05, 0) is 46.9 Å². The van der Waals surface area contributed by atoms with E-state index in [-0.39, 0.29) is 0 Å². The average Bonchev–Trinajstić information content (AvgIpc) is 3.26. The lowest BCUT2D eigenvalue weighted by Crippen LogP contribution is -2.28. The van der Waals surface area contributed by atoms with Crippen molar-refractivity contribution in [2.24, 2.45) is 11.8 Å². The van der Waals surface area contributed by atoms with Gasteiger partial charge in [0, 0.05) is 11.8 Å². The molecule has 0 nitrogen and oxygen atoms in total. The Morgan fingerprint density at radius 3 is 1.54 bits per heavy atom. The van der Waals surface area contributed by atoms with Crippen molar-refractivity contribution in [2.45, 2.75) is 37.5 Å². The fraction of sp³-hybridized carbons (Fsp3) is 0.333. The monoisotopic (exact) mass is 312 g/mol. The van der Waals surface area contributed by atoms with Crippen LogP contribution in [0.5, 0.6) is 0 Å². The van der Waals surface area contributed by atoms with Gasteiger partial charge >= 0.3 is 0 Å². The van der Waals surface area contributed by atoms with Crippen LogP contribution in [0.1, 0.15) is 59.8 Å². The third kappa shape index (κ3) is 2.20. The van der Waals surface area contributed by atoms with Gasteiger partial charge in [-0.15, -0.1) is 0 Å². The van der Waals surface area contributed by atoms with Crippen molar-refractivity contribution in [3.63, 3.8) is 0 Å². The van der Waals surface area contributed by atoms with Crippen LogP contribution in [0.15, 0.2) is 60.7 Å². The van der Waals surface area contributed by atoms with Crippen LogP contribution >= 0.6 is 0 Å². The Morgan fingerprint density at radius 2 is 1.04 bits per heavy atom. The predicted molar refractivity (Wildman–Crippen MR) is 102 cm³/mol. The van der Waals surface area contributed by atoms with Crippen LogP contribution in [-0.4, -0.2) is 0 Å². The van der Waals surface area contributed by atoms with Gasteiger partial charge in [-0.25, -0.2) is 0 Å². The van der Waals surface area contributed by atoms with Crippen molar-refractivity contribution < 1.29 is 0 Å². The molecule has 4 atom stereocenters. The van der Waals surface area contributed by atoms with Crippen LogP contribution in [-0.2, 0) is 0 Å². The van der Waals surface area contributed by atoms with Gasteiger partial charge in [0.25, 0.3) is 0 Å². The Bertz CT molecular complexity index is 741. The smallest absolute Gasteiger partial charge is 0.00584 e. The molecule has 2 aromatic rings. The van der Waals surface area contributed by atoms with E-state index in [1.807, 2.05) is 0 Å². The van der Waals surface area contributed by atoms with E-state index in [0.717, 1.165) is 11.8 Å². The maximum absolute atomic E-state index is 2.48. The SMILES string of the molecule is C1=CC([C@H]2CCCC[C@H]2C2C=Cc3ccccc32)c2ccccc21. The van der Waals surface area contributed by atoms with Crippen LogP contribution in [0.25, 0.3) is 12.2 Å². The van der Waals surface area contributed by atoms with E-state index in [0.29, 0.717) is 11.8 Å². The number of fused-ring (bicyclic) bond motifs is 2. The molecule has 120 valence electrons. The van der Waals surface area contributed by atoms with Gasteiger partial charge < -0.3 is 0 Å². The highest BCUT2D eigenvalue weighted by molar-refractivity contribution is 5.64. The molecule has 2 aromatic carbocycles. The zero-order valence-electron chi connectivity index (χ0n) is 14.1. The highest BCUT2D eigenvalue weighted by atomic mass is 14.4. The quantitative estimate of drug-likeness (QED) is 0.600. The van der Waals surface area contributed by atoms with Crippen molar-refractivity contribution >= 4 is 12.2 Å². The molecule has 0 bridgehead atoms. The fourth-order valence-corrected chi connectivity index (χ4v) is 5.38. The normalized spacial score (nSPS) is 30.3. The Labute approximate surface area is 144 Å². The summed E-state index contributed by atoms with van der Waals surface area (Å²) in [6.45, 7) is 0. The van der Waals surface area contributed by atoms with Gasteiger partial charge in [0.2, 0.25) is 0 Å². The van der Waals surface area contributed by atoms with Crippen LogP contribution in [0.2, 0.25) is 0 Å². The van der Waals surface area contributed by atoms with Gasteiger partial charge in [-0.1, -0.05) is 85.7 Å². The molecule has 1 saturated carbocycles. The number of hydrogen-bond donors (Lipinski definition) is 0. The van der Waals surface area contributed by atoms with E-state index in [2.05, 4.69) is 72.8 Å². The second-order valence-electron chi connectivity index (χ2n) is 7.64. The Balaban J connectivity index is 1.50. The molecule has 0 radical (unpaired) electrons. The molecule has 0 N–H and O–H groups in total. The molecule has 0 saturated heterocycles. The minimum atomic E-state index is 0.618. The highest BCUT2D eigenvalue weighted by Crippen LogP contribution is 2.51. The van der Waals surface area contributed by atoms with E-state index >= 15 is 0 Å². The van der Waals surface area contributed by atoms with Gasteiger partial charge in [0.05, 0.1) is 0 Å². The molecule has 1 fully saturated rings. The van der Waals surface area contributed by atoms with E-state index in [1.165, 1.54) is 36.8 Å². The Morgan fingerprint density at radius 1 is 0.583 bits per heavy atom. The van der Waals surface area contributed by atoms with Crippen LogP contribution in [0, 0.1) is 11.8 Å². The molecule has 0 aromatic heterocycles. The van der Waals surface area contributed by atoms with Crippen molar-refractivity contribution in [2.75, 3.05) is 0 Å². The van der Waals surface area contributed by atoms with E-state index < -0.39 is 0 Å². The third-order valence-electron chi connectivity index (χ3n) is 6.47. The standard InChI is InChI=1S/C24H24/c1-3-9-19-17(7-1)13-15-23(19)21-11-5-6-12-22(21)24-16-14-18-8-2-4-10-20(18)24/h1-4,7-10,13-16,21-24H,5-6,11-12H2/t21-,22+,23?,24?. The maximum atomic E-state index is 2.48. The van der Waals surface area contributed by atoms with Gasteiger partial charge in [0.15, 0.2) is 0 Å².